The Bertz CT molecular complexity index is 344. The van der Waals surface area contributed by atoms with Crippen LogP contribution < -0.4 is 10.1 Å². The van der Waals surface area contributed by atoms with Gasteiger partial charge in [-0.05, 0) is 31.7 Å². The number of benzene rings is 1. The van der Waals surface area contributed by atoms with E-state index in [0.717, 1.165) is 22.3 Å². The van der Waals surface area contributed by atoms with Crippen LogP contribution in [0, 0.1) is 0 Å². The Morgan fingerprint density at radius 3 is 2.76 bits per heavy atom. The van der Waals surface area contributed by atoms with Crippen LogP contribution in [0.5, 0.6) is 5.75 Å². The standard InChI is InChI=1S/C13H20BrNO2/c1-4-15-10(2)12-9-11(14)5-6-13(12)17-8-7-16-3/h5-6,9-10,15H,4,7-8H2,1-3H3. The second kappa shape index (κ2) is 7.69. The summed E-state index contributed by atoms with van der Waals surface area (Å²) in [5, 5.41) is 3.39. The molecular weight excluding hydrogens is 282 g/mol. The lowest BCUT2D eigenvalue weighted by atomic mass is 10.1. The van der Waals surface area contributed by atoms with Gasteiger partial charge in [-0.2, -0.15) is 0 Å². The van der Waals surface area contributed by atoms with E-state index < -0.39 is 0 Å². The first-order valence-corrected chi connectivity index (χ1v) is 6.63. The van der Waals surface area contributed by atoms with Crippen molar-refractivity contribution >= 4 is 15.9 Å². The summed E-state index contributed by atoms with van der Waals surface area (Å²) in [5.41, 5.74) is 1.16. The second-order valence-corrected chi connectivity index (χ2v) is 4.72. The summed E-state index contributed by atoms with van der Waals surface area (Å²) >= 11 is 3.49. The molecule has 0 heterocycles. The van der Waals surface area contributed by atoms with Crippen molar-refractivity contribution in [3.8, 4) is 5.75 Å². The van der Waals surface area contributed by atoms with Crippen molar-refractivity contribution in [1.82, 2.24) is 5.32 Å². The highest BCUT2D eigenvalue weighted by atomic mass is 79.9. The summed E-state index contributed by atoms with van der Waals surface area (Å²) in [6.45, 7) is 6.34. The third-order valence-electron chi connectivity index (χ3n) is 2.49. The Morgan fingerprint density at radius 1 is 1.35 bits per heavy atom. The Kier molecular flexibility index (Phi) is 6.55. The van der Waals surface area contributed by atoms with Crippen LogP contribution >= 0.6 is 15.9 Å². The molecule has 0 saturated heterocycles. The van der Waals surface area contributed by atoms with Gasteiger partial charge in [0, 0.05) is 23.2 Å². The van der Waals surface area contributed by atoms with Gasteiger partial charge in [0.2, 0.25) is 0 Å². The summed E-state index contributed by atoms with van der Waals surface area (Å²) in [7, 11) is 1.67. The third-order valence-corrected chi connectivity index (χ3v) is 2.99. The zero-order valence-corrected chi connectivity index (χ0v) is 12.2. The zero-order chi connectivity index (χ0) is 12.7. The number of ether oxygens (including phenoxy) is 2. The van der Waals surface area contributed by atoms with E-state index in [-0.39, 0.29) is 6.04 Å². The first kappa shape index (κ1) is 14.5. The molecule has 0 aliphatic carbocycles. The minimum absolute atomic E-state index is 0.273. The van der Waals surface area contributed by atoms with Crippen LogP contribution in [-0.4, -0.2) is 26.9 Å². The number of methoxy groups -OCH3 is 1. The maximum Gasteiger partial charge on any atom is 0.124 e. The zero-order valence-electron chi connectivity index (χ0n) is 10.6. The first-order chi connectivity index (χ1) is 8.19. The predicted molar refractivity (Wildman–Crippen MR) is 73.6 cm³/mol. The van der Waals surface area contributed by atoms with Crippen LogP contribution in [0.15, 0.2) is 22.7 Å². The highest BCUT2D eigenvalue weighted by Gasteiger charge is 2.11. The lowest BCUT2D eigenvalue weighted by Gasteiger charge is -2.18. The van der Waals surface area contributed by atoms with Crippen molar-refractivity contribution < 1.29 is 9.47 Å². The molecule has 17 heavy (non-hydrogen) atoms. The molecule has 0 amide bonds. The van der Waals surface area contributed by atoms with Gasteiger partial charge in [-0.1, -0.05) is 22.9 Å². The minimum atomic E-state index is 0.273. The number of nitrogens with one attached hydrogen (secondary N) is 1. The van der Waals surface area contributed by atoms with E-state index in [2.05, 4.69) is 41.2 Å². The van der Waals surface area contributed by atoms with Gasteiger partial charge in [0.25, 0.3) is 0 Å². The molecule has 0 fully saturated rings. The maximum absolute atomic E-state index is 5.71. The van der Waals surface area contributed by atoms with E-state index in [1.54, 1.807) is 7.11 Å². The van der Waals surface area contributed by atoms with Crippen LogP contribution in [0.4, 0.5) is 0 Å². The first-order valence-electron chi connectivity index (χ1n) is 5.83. The average molecular weight is 302 g/mol. The number of halogens is 1. The molecule has 1 N–H and O–H groups in total. The normalized spacial score (nSPS) is 12.5. The summed E-state index contributed by atoms with van der Waals surface area (Å²) in [5.74, 6) is 0.915. The summed E-state index contributed by atoms with van der Waals surface area (Å²) < 4.78 is 11.8. The highest BCUT2D eigenvalue weighted by molar-refractivity contribution is 9.10. The molecular formula is C13H20BrNO2. The predicted octanol–water partition coefficient (Wildman–Crippen LogP) is 3.14. The molecule has 1 unspecified atom stereocenters. The third kappa shape index (κ3) is 4.66. The van der Waals surface area contributed by atoms with Crippen molar-refractivity contribution in [3.05, 3.63) is 28.2 Å². The SMILES string of the molecule is CCNC(C)c1cc(Br)ccc1OCCOC. The maximum atomic E-state index is 5.71. The molecule has 0 aliphatic heterocycles. The Balaban J connectivity index is 2.79. The highest BCUT2D eigenvalue weighted by Crippen LogP contribution is 2.28. The van der Waals surface area contributed by atoms with Gasteiger partial charge >= 0.3 is 0 Å². The molecule has 4 heteroatoms. The Hall–Kier alpha value is -0.580. The fraction of sp³-hybridized carbons (Fsp3) is 0.538. The van der Waals surface area contributed by atoms with Crippen LogP contribution in [-0.2, 0) is 4.74 Å². The Morgan fingerprint density at radius 2 is 2.12 bits per heavy atom. The molecule has 3 nitrogen and oxygen atoms in total. The van der Waals surface area contributed by atoms with Gasteiger partial charge in [0.05, 0.1) is 6.61 Å². The molecule has 96 valence electrons. The summed E-state index contributed by atoms with van der Waals surface area (Å²) in [4.78, 5) is 0. The Labute approximate surface area is 112 Å². The van der Waals surface area contributed by atoms with Gasteiger partial charge < -0.3 is 14.8 Å². The summed E-state index contributed by atoms with van der Waals surface area (Å²) in [6, 6.07) is 6.35. The van der Waals surface area contributed by atoms with Crippen molar-refractivity contribution in [3.63, 3.8) is 0 Å². The monoisotopic (exact) mass is 301 g/mol. The number of hydrogen-bond acceptors (Lipinski definition) is 3. The molecule has 0 saturated carbocycles. The average Bonchev–Trinajstić information content (AvgIpc) is 2.31. The molecule has 0 aromatic heterocycles. The second-order valence-electron chi connectivity index (χ2n) is 3.80. The van der Waals surface area contributed by atoms with E-state index in [1.807, 2.05) is 12.1 Å². The fourth-order valence-electron chi connectivity index (χ4n) is 1.64. The fourth-order valence-corrected chi connectivity index (χ4v) is 2.02. The van der Waals surface area contributed by atoms with Crippen molar-refractivity contribution in [2.24, 2.45) is 0 Å². The lowest BCUT2D eigenvalue weighted by molar-refractivity contribution is 0.145. The smallest absolute Gasteiger partial charge is 0.124 e. The van der Waals surface area contributed by atoms with Crippen LogP contribution in [0.2, 0.25) is 0 Å². The van der Waals surface area contributed by atoms with E-state index in [9.17, 15) is 0 Å². The van der Waals surface area contributed by atoms with Crippen molar-refractivity contribution in [2.45, 2.75) is 19.9 Å². The van der Waals surface area contributed by atoms with E-state index in [0.29, 0.717) is 13.2 Å². The molecule has 1 rings (SSSR count). The largest absolute Gasteiger partial charge is 0.491 e. The summed E-state index contributed by atoms with van der Waals surface area (Å²) in [6.07, 6.45) is 0. The van der Waals surface area contributed by atoms with Crippen molar-refractivity contribution in [2.75, 3.05) is 26.9 Å². The number of hydrogen-bond donors (Lipinski definition) is 1. The van der Waals surface area contributed by atoms with Gasteiger partial charge in [-0.15, -0.1) is 0 Å². The molecule has 1 aromatic carbocycles. The van der Waals surface area contributed by atoms with E-state index in [4.69, 9.17) is 9.47 Å². The van der Waals surface area contributed by atoms with Gasteiger partial charge in [-0.3, -0.25) is 0 Å². The topological polar surface area (TPSA) is 30.5 Å². The lowest BCUT2D eigenvalue weighted by Crippen LogP contribution is -2.19. The molecule has 0 radical (unpaired) electrons. The molecule has 1 aromatic rings. The van der Waals surface area contributed by atoms with Crippen LogP contribution in [0.25, 0.3) is 0 Å². The van der Waals surface area contributed by atoms with Crippen LogP contribution in [0.3, 0.4) is 0 Å². The van der Waals surface area contributed by atoms with E-state index in [1.165, 1.54) is 0 Å². The van der Waals surface area contributed by atoms with Gasteiger partial charge in [0.15, 0.2) is 0 Å². The van der Waals surface area contributed by atoms with Crippen LogP contribution in [0.1, 0.15) is 25.5 Å². The molecule has 0 spiro atoms. The molecule has 0 bridgehead atoms. The molecule has 0 aliphatic rings. The van der Waals surface area contributed by atoms with Crippen molar-refractivity contribution in [1.29, 1.82) is 0 Å². The van der Waals surface area contributed by atoms with Gasteiger partial charge in [0.1, 0.15) is 12.4 Å². The minimum Gasteiger partial charge on any atom is -0.491 e. The number of rotatable bonds is 7. The molecule has 1 atom stereocenters. The quantitative estimate of drug-likeness (QED) is 0.785. The van der Waals surface area contributed by atoms with E-state index >= 15 is 0 Å². The van der Waals surface area contributed by atoms with Gasteiger partial charge in [-0.25, -0.2) is 0 Å².